The van der Waals surface area contributed by atoms with E-state index in [0.29, 0.717) is 29.4 Å². The number of amides is 1. The highest BCUT2D eigenvalue weighted by molar-refractivity contribution is 6.00. The van der Waals surface area contributed by atoms with Crippen molar-refractivity contribution in [1.82, 2.24) is 30.2 Å². The van der Waals surface area contributed by atoms with E-state index in [1.165, 1.54) is 0 Å². The molecule has 10 nitrogen and oxygen atoms in total. The molecule has 0 saturated carbocycles. The van der Waals surface area contributed by atoms with Crippen LogP contribution in [0, 0.1) is 0 Å². The van der Waals surface area contributed by atoms with Crippen molar-refractivity contribution in [3.63, 3.8) is 0 Å². The van der Waals surface area contributed by atoms with Gasteiger partial charge in [-0.15, -0.1) is 0 Å². The third-order valence-electron chi connectivity index (χ3n) is 6.09. The Morgan fingerprint density at radius 2 is 1.92 bits per heavy atom. The first-order chi connectivity index (χ1) is 18.5. The Hall–Kier alpha value is -4.41. The lowest BCUT2D eigenvalue weighted by Gasteiger charge is -2.28. The van der Waals surface area contributed by atoms with E-state index in [-0.39, 0.29) is 5.91 Å². The molecule has 1 aliphatic rings. The van der Waals surface area contributed by atoms with Gasteiger partial charge in [-0.25, -0.2) is 15.0 Å². The Kier molecular flexibility index (Phi) is 7.81. The van der Waals surface area contributed by atoms with Crippen molar-refractivity contribution >= 4 is 40.0 Å². The number of hydrogen-bond acceptors (Lipinski definition) is 9. The Bertz CT molecular complexity index is 1430. The molecule has 38 heavy (non-hydrogen) atoms. The second kappa shape index (κ2) is 11.8. The molecule has 3 aromatic heterocycles. The molecule has 1 saturated heterocycles. The van der Waals surface area contributed by atoms with Crippen LogP contribution in [-0.2, 0) is 4.79 Å². The van der Waals surface area contributed by atoms with E-state index in [9.17, 15) is 4.79 Å². The zero-order valence-corrected chi connectivity index (χ0v) is 21.6. The topological polar surface area (TPSA) is 111 Å². The van der Waals surface area contributed by atoms with Gasteiger partial charge in [0.2, 0.25) is 11.9 Å². The molecule has 1 fully saturated rings. The number of aromatic nitrogens is 4. The van der Waals surface area contributed by atoms with Crippen molar-refractivity contribution in [3.8, 4) is 11.3 Å². The van der Waals surface area contributed by atoms with Crippen LogP contribution in [0.1, 0.15) is 0 Å². The Morgan fingerprint density at radius 3 is 2.71 bits per heavy atom. The van der Waals surface area contributed by atoms with E-state index < -0.39 is 0 Å². The second-order valence-electron chi connectivity index (χ2n) is 9.29. The normalized spacial score (nSPS) is 13.8. The van der Waals surface area contributed by atoms with Crippen molar-refractivity contribution in [2.75, 3.05) is 62.4 Å². The summed E-state index contributed by atoms with van der Waals surface area (Å²) in [6, 6.07) is 13.5. The van der Waals surface area contributed by atoms with Gasteiger partial charge in [0, 0.05) is 67.8 Å². The minimum absolute atomic E-state index is 0.180. The molecule has 3 N–H and O–H groups in total. The number of anilines is 4. The lowest BCUT2D eigenvalue weighted by molar-refractivity contribution is -0.111. The maximum absolute atomic E-state index is 12.3. The van der Waals surface area contributed by atoms with Gasteiger partial charge in [-0.05, 0) is 44.4 Å². The Labute approximate surface area is 221 Å². The van der Waals surface area contributed by atoms with E-state index >= 15 is 0 Å². The summed E-state index contributed by atoms with van der Waals surface area (Å²) >= 11 is 0. The summed E-state index contributed by atoms with van der Waals surface area (Å²) in [7, 11) is 3.91. The zero-order valence-electron chi connectivity index (χ0n) is 21.6. The van der Waals surface area contributed by atoms with Gasteiger partial charge in [0.25, 0.3) is 0 Å². The van der Waals surface area contributed by atoms with Crippen LogP contribution >= 0.6 is 0 Å². The minimum atomic E-state index is -0.180. The molecule has 1 amide bonds. The summed E-state index contributed by atoms with van der Waals surface area (Å²) in [6.07, 6.45) is 8.68. The van der Waals surface area contributed by atoms with Gasteiger partial charge >= 0.3 is 0 Å². The van der Waals surface area contributed by atoms with E-state index in [1.54, 1.807) is 24.7 Å². The van der Waals surface area contributed by atoms with Crippen LogP contribution in [0.3, 0.4) is 0 Å². The highest BCUT2D eigenvalue weighted by Crippen LogP contribution is 2.28. The zero-order chi connectivity index (χ0) is 26.3. The quantitative estimate of drug-likeness (QED) is 0.308. The summed E-state index contributed by atoms with van der Waals surface area (Å²) in [5, 5.41) is 10.4. The number of piperazine rings is 1. The van der Waals surface area contributed by atoms with Gasteiger partial charge in [0.15, 0.2) is 0 Å². The van der Waals surface area contributed by atoms with Crippen LogP contribution in [-0.4, -0.2) is 77.6 Å². The third-order valence-corrected chi connectivity index (χ3v) is 6.09. The highest BCUT2D eigenvalue weighted by Gasteiger charge is 2.13. The van der Waals surface area contributed by atoms with Crippen molar-refractivity contribution in [2.24, 2.45) is 0 Å². The molecule has 10 heteroatoms. The van der Waals surface area contributed by atoms with Crippen LogP contribution in [0.5, 0.6) is 0 Å². The predicted molar refractivity (Wildman–Crippen MR) is 152 cm³/mol. The molecule has 194 valence electrons. The first-order valence-corrected chi connectivity index (χ1v) is 12.6. The molecule has 0 aliphatic carbocycles. The molecule has 5 rings (SSSR count). The van der Waals surface area contributed by atoms with Gasteiger partial charge in [-0.1, -0.05) is 18.2 Å². The predicted octanol–water partition coefficient (Wildman–Crippen LogP) is 3.30. The minimum Gasteiger partial charge on any atom is -0.354 e. The van der Waals surface area contributed by atoms with Crippen LogP contribution in [0.15, 0.2) is 73.2 Å². The SMILES string of the molecule is CN(C)CC=CC(=O)Nc1cccc(-c2nccc3cnc(Nc4ccc(N5CCNCC5)nc4)nc23)c1. The van der Waals surface area contributed by atoms with Gasteiger partial charge < -0.3 is 25.8 Å². The average molecular weight is 510 g/mol. The number of nitrogens with one attached hydrogen (secondary N) is 3. The van der Waals surface area contributed by atoms with Crippen LogP contribution in [0.25, 0.3) is 22.2 Å². The highest BCUT2D eigenvalue weighted by atomic mass is 16.1. The average Bonchev–Trinajstić information content (AvgIpc) is 2.93. The summed E-state index contributed by atoms with van der Waals surface area (Å²) < 4.78 is 0. The van der Waals surface area contributed by atoms with Crippen molar-refractivity contribution in [2.45, 2.75) is 0 Å². The molecular formula is C28H31N9O. The summed E-state index contributed by atoms with van der Waals surface area (Å²) in [4.78, 5) is 35.0. The number of carbonyl (C=O) groups is 1. The molecule has 0 atom stereocenters. The fourth-order valence-corrected chi connectivity index (χ4v) is 4.20. The summed E-state index contributed by atoms with van der Waals surface area (Å²) in [5.41, 5.74) is 3.76. The van der Waals surface area contributed by atoms with E-state index in [1.807, 2.05) is 67.5 Å². The van der Waals surface area contributed by atoms with Crippen LogP contribution in [0.4, 0.5) is 23.1 Å². The number of hydrogen-bond donors (Lipinski definition) is 3. The molecule has 4 heterocycles. The van der Waals surface area contributed by atoms with Gasteiger partial charge in [0.1, 0.15) is 11.3 Å². The number of pyridine rings is 2. The number of fused-ring (bicyclic) bond motifs is 1. The van der Waals surface area contributed by atoms with Crippen LogP contribution < -0.4 is 20.9 Å². The van der Waals surface area contributed by atoms with Crippen molar-refractivity contribution in [1.29, 1.82) is 0 Å². The number of likely N-dealkylation sites (N-methyl/N-ethyl adjacent to an activating group) is 1. The fourth-order valence-electron chi connectivity index (χ4n) is 4.20. The first kappa shape index (κ1) is 25.2. The Morgan fingerprint density at radius 1 is 1.05 bits per heavy atom. The molecule has 0 radical (unpaired) electrons. The van der Waals surface area contributed by atoms with Gasteiger partial charge in [-0.2, -0.15) is 0 Å². The van der Waals surface area contributed by atoms with E-state index in [4.69, 9.17) is 4.98 Å². The molecule has 1 aliphatic heterocycles. The van der Waals surface area contributed by atoms with Crippen molar-refractivity contribution in [3.05, 3.63) is 73.2 Å². The number of benzene rings is 1. The molecule has 0 bridgehead atoms. The second-order valence-corrected chi connectivity index (χ2v) is 9.29. The monoisotopic (exact) mass is 509 g/mol. The summed E-state index contributed by atoms with van der Waals surface area (Å²) in [6.45, 7) is 4.51. The summed E-state index contributed by atoms with van der Waals surface area (Å²) in [5.74, 6) is 1.24. The molecular weight excluding hydrogens is 478 g/mol. The first-order valence-electron chi connectivity index (χ1n) is 12.6. The molecule has 0 spiro atoms. The van der Waals surface area contributed by atoms with E-state index in [2.05, 4.69) is 35.8 Å². The standard InChI is InChI=1S/C28H31N9O/c1-36(2)14-4-7-25(38)33-22-6-3-5-20(17-22)26-27-21(10-11-30-26)18-32-28(35-27)34-23-8-9-24(31-19-23)37-15-12-29-13-16-37/h3-11,17-19,29H,12-16H2,1-2H3,(H,33,38)(H,32,34,35). The van der Waals surface area contributed by atoms with Crippen LogP contribution in [0.2, 0.25) is 0 Å². The van der Waals surface area contributed by atoms with Gasteiger partial charge in [0.05, 0.1) is 17.6 Å². The molecule has 1 aromatic carbocycles. The Balaban J connectivity index is 1.35. The van der Waals surface area contributed by atoms with E-state index in [0.717, 1.165) is 48.6 Å². The number of carbonyl (C=O) groups excluding carboxylic acids is 1. The van der Waals surface area contributed by atoms with Gasteiger partial charge in [-0.3, -0.25) is 9.78 Å². The molecule has 0 unspecified atom stereocenters. The number of rotatable bonds is 8. The van der Waals surface area contributed by atoms with Crippen molar-refractivity contribution < 1.29 is 4.79 Å². The lowest BCUT2D eigenvalue weighted by atomic mass is 10.1. The smallest absolute Gasteiger partial charge is 0.248 e. The molecule has 4 aromatic rings. The number of nitrogens with zero attached hydrogens (tertiary/aromatic N) is 6. The largest absolute Gasteiger partial charge is 0.354 e. The lowest BCUT2D eigenvalue weighted by Crippen LogP contribution is -2.43. The maximum atomic E-state index is 12.3. The maximum Gasteiger partial charge on any atom is 0.248 e. The third kappa shape index (κ3) is 6.28. The fraction of sp³-hybridized carbons (Fsp3) is 0.250.